The molecule has 2 heterocycles. The van der Waals surface area contributed by atoms with Gasteiger partial charge in [0.15, 0.2) is 6.61 Å². The highest BCUT2D eigenvalue weighted by molar-refractivity contribution is 5.78. The van der Waals surface area contributed by atoms with Gasteiger partial charge < -0.3 is 14.4 Å². The zero-order valence-electron chi connectivity index (χ0n) is 14.7. The largest absolute Gasteiger partial charge is 0.484 e. The molecule has 3 rings (SSSR count). The van der Waals surface area contributed by atoms with Gasteiger partial charge in [-0.15, -0.1) is 0 Å². The first kappa shape index (κ1) is 17.2. The number of nitrogens with zero attached hydrogens (tertiary/aromatic N) is 2. The number of ether oxygens (including phenoxy) is 2. The molecule has 5 nitrogen and oxygen atoms in total. The smallest absolute Gasteiger partial charge is 0.260 e. The van der Waals surface area contributed by atoms with Crippen LogP contribution in [0, 0.1) is 0 Å². The van der Waals surface area contributed by atoms with E-state index in [9.17, 15) is 4.79 Å². The molecule has 1 aromatic rings. The molecule has 2 saturated heterocycles. The summed E-state index contributed by atoms with van der Waals surface area (Å²) >= 11 is 0. The number of hydrogen-bond acceptors (Lipinski definition) is 4. The first-order chi connectivity index (χ1) is 11.6. The van der Waals surface area contributed by atoms with E-state index in [1.165, 1.54) is 0 Å². The van der Waals surface area contributed by atoms with E-state index in [1.807, 2.05) is 35.2 Å². The van der Waals surface area contributed by atoms with E-state index in [0.29, 0.717) is 6.04 Å². The number of benzene rings is 1. The average molecular weight is 332 g/mol. The van der Waals surface area contributed by atoms with Gasteiger partial charge in [-0.2, -0.15) is 0 Å². The van der Waals surface area contributed by atoms with Crippen LogP contribution < -0.4 is 4.74 Å². The topological polar surface area (TPSA) is 42.0 Å². The van der Waals surface area contributed by atoms with E-state index >= 15 is 0 Å². The standard InChI is InChI=1S/C19H28N2O3/c1-15-11-20(12-16(2)24-15)13-17-7-6-10-21(17)19(22)14-23-18-8-4-3-5-9-18/h3-5,8-9,15-17H,6-7,10-14H2,1-2H3/t15-,16+,17-/m1/s1. The van der Waals surface area contributed by atoms with Gasteiger partial charge in [0.1, 0.15) is 5.75 Å². The van der Waals surface area contributed by atoms with Crippen molar-refractivity contribution in [1.82, 2.24) is 9.80 Å². The Morgan fingerprint density at radius 1 is 1.21 bits per heavy atom. The number of para-hydroxylation sites is 1. The van der Waals surface area contributed by atoms with Crippen LogP contribution in [-0.4, -0.2) is 66.7 Å². The summed E-state index contributed by atoms with van der Waals surface area (Å²) in [6.45, 7) is 8.04. The second-order valence-electron chi connectivity index (χ2n) is 6.96. The lowest BCUT2D eigenvalue weighted by Gasteiger charge is -2.38. The lowest BCUT2D eigenvalue weighted by molar-refractivity contribution is -0.135. The van der Waals surface area contributed by atoms with Gasteiger partial charge in [0.25, 0.3) is 5.91 Å². The van der Waals surface area contributed by atoms with E-state index in [0.717, 1.165) is 44.8 Å². The summed E-state index contributed by atoms with van der Waals surface area (Å²) in [6, 6.07) is 9.83. The lowest BCUT2D eigenvalue weighted by atomic mass is 10.1. The van der Waals surface area contributed by atoms with Crippen molar-refractivity contribution in [1.29, 1.82) is 0 Å². The predicted molar refractivity (Wildman–Crippen MR) is 93.1 cm³/mol. The summed E-state index contributed by atoms with van der Waals surface area (Å²) < 4.78 is 11.4. The first-order valence-electron chi connectivity index (χ1n) is 8.97. The highest BCUT2D eigenvalue weighted by atomic mass is 16.5. The monoisotopic (exact) mass is 332 g/mol. The Morgan fingerprint density at radius 3 is 2.62 bits per heavy atom. The van der Waals surface area contributed by atoms with Crippen LogP contribution in [0.5, 0.6) is 5.75 Å². The van der Waals surface area contributed by atoms with Crippen LogP contribution in [0.2, 0.25) is 0 Å². The quantitative estimate of drug-likeness (QED) is 0.829. The average Bonchev–Trinajstić information content (AvgIpc) is 3.01. The summed E-state index contributed by atoms with van der Waals surface area (Å²) in [6.07, 6.45) is 2.69. The molecule has 5 heteroatoms. The molecule has 3 atom stereocenters. The Bertz CT molecular complexity index is 527. The maximum atomic E-state index is 12.6. The third-order valence-corrected chi connectivity index (χ3v) is 4.77. The Balaban J connectivity index is 1.52. The van der Waals surface area contributed by atoms with Gasteiger partial charge >= 0.3 is 0 Å². The zero-order valence-corrected chi connectivity index (χ0v) is 14.7. The van der Waals surface area contributed by atoms with E-state index in [4.69, 9.17) is 9.47 Å². The Labute approximate surface area is 144 Å². The van der Waals surface area contributed by atoms with Gasteiger partial charge in [-0.3, -0.25) is 9.69 Å². The molecule has 2 aliphatic rings. The molecule has 1 amide bonds. The maximum absolute atomic E-state index is 12.6. The molecule has 0 saturated carbocycles. The Hall–Kier alpha value is -1.59. The third kappa shape index (κ3) is 4.48. The summed E-state index contributed by atoms with van der Waals surface area (Å²) in [7, 11) is 0. The fourth-order valence-corrected chi connectivity index (χ4v) is 3.83. The summed E-state index contributed by atoms with van der Waals surface area (Å²) in [4.78, 5) is 17.0. The number of amides is 1. The van der Waals surface area contributed by atoms with Crippen molar-refractivity contribution in [3.63, 3.8) is 0 Å². The molecule has 0 aromatic heterocycles. The van der Waals surface area contributed by atoms with Crippen LogP contribution in [0.1, 0.15) is 26.7 Å². The lowest BCUT2D eigenvalue weighted by Crippen LogP contribution is -2.51. The fraction of sp³-hybridized carbons (Fsp3) is 0.632. The SMILES string of the molecule is C[C@@H]1CN(C[C@H]2CCCN2C(=O)COc2ccccc2)C[C@H](C)O1. The van der Waals surface area contributed by atoms with E-state index in [-0.39, 0.29) is 24.7 Å². The van der Waals surface area contributed by atoms with Gasteiger partial charge in [-0.05, 0) is 38.8 Å². The highest BCUT2D eigenvalue weighted by Gasteiger charge is 2.32. The van der Waals surface area contributed by atoms with Crippen LogP contribution in [0.25, 0.3) is 0 Å². The normalized spacial score (nSPS) is 28.1. The van der Waals surface area contributed by atoms with Gasteiger partial charge in [-0.1, -0.05) is 18.2 Å². The van der Waals surface area contributed by atoms with Crippen LogP contribution in [0.15, 0.2) is 30.3 Å². The highest BCUT2D eigenvalue weighted by Crippen LogP contribution is 2.21. The third-order valence-electron chi connectivity index (χ3n) is 4.77. The molecule has 0 N–H and O–H groups in total. The summed E-state index contributed by atoms with van der Waals surface area (Å²) in [5, 5.41) is 0. The molecular formula is C19H28N2O3. The van der Waals surface area contributed by atoms with Crippen LogP contribution in [0.3, 0.4) is 0 Å². The van der Waals surface area contributed by atoms with Crippen molar-refractivity contribution in [2.24, 2.45) is 0 Å². The molecule has 0 radical (unpaired) electrons. The van der Waals surface area contributed by atoms with Crippen LogP contribution >= 0.6 is 0 Å². The zero-order chi connectivity index (χ0) is 16.9. The van der Waals surface area contributed by atoms with Crippen LogP contribution in [0.4, 0.5) is 0 Å². The van der Waals surface area contributed by atoms with Crippen molar-refractivity contribution in [3.05, 3.63) is 30.3 Å². The molecule has 24 heavy (non-hydrogen) atoms. The molecule has 0 bridgehead atoms. The number of hydrogen-bond donors (Lipinski definition) is 0. The van der Waals surface area contributed by atoms with Gasteiger partial charge in [0, 0.05) is 32.2 Å². The first-order valence-corrected chi connectivity index (χ1v) is 8.97. The summed E-state index contributed by atoms with van der Waals surface area (Å²) in [5.74, 6) is 0.841. The molecule has 0 unspecified atom stereocenters. The van der Waals surface area contributed by atoms with Crippen molar-refractivity contribution < 1.29 is 14.3 Å². The van der Waals surface area contributed by atoms with Crippen molar-refractivity contribution in [2.45, 2.75) is 44.9 Å². The predicted octanol–water partition coefficient (Wildman–Crippen LogP) is 2.17. The number of carbonyl (C=O) groups excluding carboxylic acids is 1. The van der Waals surface area contributed by atoms with Crippen molar-refractivity contribution >= 4 is 5.91 Å². The fourth-order valence-electron chi connectivity index (χ4n) is 3.83. The number of rotatable bonds is 5. The van der Waals surface area contributed by atoms with Crippen molar-refractivity contribution in [3.8, 4) is 5.75 Å². The Morgan fingerprint density at radius 2 is 1.92 bits per heavy atom. The molecule has 2 fully saturated rings. The van der Waals surface area contributed by atoms with Gasteiger partial charge in [-0.25, -0.2) is 0 Å². The van der Waals surface area contributed by atoms with Gasteiger partial charge in [0.2, 0.25) is 0 Å². The van der Waals surface area contributed by atoms with Gasteiger partial charge in [0.05, 0.1) is 12.2 Å². The number of carbonyl (C=O) groups is 1. The van der Waals surface area contributed by atoms with Crippen LogP contribution in [-0.2, 0) is 9.53 Å². The molecule has 0 spiro atoms. The molecule has 132 valence electrons. The second-order valence-corrected chi connectivity index (χ2v) is 6.96. The number of morpholine rings is 1. The Kier molecular flexibility index (Phi) is 5.74. The molecule has 1 aromatic carbocycles. The second kappa shape index (κ2) is 7.99. The minimum atomic E-state index is 0.0932. The molecule has 0 aliphatic carbocycles. The van der Waals surface area contributed by atoms with E-state index in [2.05, 4.69) is 18.7 Å². The molecular weight excluding hydrogens is 304 g/mol. The minimum Gasteiger partial charge on any atom is -0.484 e. The van der Waals surface area contributed by atoms with E-state index < -0.39 is 0 Å². The van der Waals surface area contributed by atoms with E-state index in [1.54, 1.807) is 0 Å². The molecule has 2 aliphatic heterocycles. The minimum absolute atomic E-state index is 0.0932. The maximum Gasteiger partial charge on any atom is 0.260 e. The van der Waals surface area contributed by atoms with Crippen molar-refractivity contribution in [2.75, 3.05) is 32.8 Å². The number of likely N-dealkylation sites (tertiary alicyclic amines) is 1. The summed E-state index contributed by atoms with van der Waals surface area (Å²) in [5.41, 5.74) is 0.